The molecule has 0 atom stereocenters. The summed E-state index contributed by atoms with van der Waals surface area (Å²) >= 11 is 0. The Morgan fingerprint density at radius 2 is 1.83 bits per heavy atom. The zero-order valence-electron chi connectivity index (χ0n) is 13.9. The molecule has 0 aromatic heterocycles. The van der Waals surface area contributed by atoms with Gasteiger partial charge in [0, 0.05) is 32.6 Å². The van der Waals surface area contributed by atoms with E-state index in [4.69, 9.17) is 0 Å². The molecule has 0 unspecified atom stereocenters. The first kappa shape index (κ1) is 15.4. The number of hydrogen-bond donors (Lipinski definition) is 0. The lowest BCUT2D eigenvalue weighted by atomic mass is 9.71. The summed E-state index contributed by atoms with van der Waals surface area (Å²) in [7, 11) is 0. The molecule has 2 heterocycles. The smallest absolute Gasteiger partial charge is 0.260 e. The molecular formula is C18H27FN2O2. The maximum atomic E-state index is 14.3. The van der Waals surface area contributed by atoms with Gasteiger partial charge < -0.3 is 9.80 Å². The molecule has 0 aromatic rings. The van der Waals surface area contributed by atoms with Gasteiger partial charge in [-0.1, -0.05) is 0 Å². The van der Waals surface area contributed by atoms with Crippen LogP contribution in [0, 0.1) is 11.3 Å². The van der Waals surface area contributed by atoms with Crippen molar-refractivity contribution in [1.29, 1.82) is 0 Å². The molecule has 0 bridgehead atoms. The van der Waals surface area contributed by atoms with Crippen LogP contribution in [0.15, 0.2) is 0 Å². The summed E-state index contributed by atoms with van der Waals surface area (Å²) in [4.78, 5) is 28.3. The van der Waals surface area contributed by atoms with Crippen molar-refractivity contribution in [2.24, 2.45) is 11.3 Å². The van der Waals surface area contributed by atoms with E-state index >= 15 is 0 Å². The number of rotatable bonds is 3. The molecule has 0 N–H and O–H groups in total. The van der Waals surface area contributed by atoms with Gasteiger partial charge in [-0.15, -0.1) is 0 Å². The van der Waals surface area contributed by atoms with Crippen LogP contribution in [0.5, 0.6) is 0 Å². The van der Waals surface area contributed by atoms with E-state index in [1.54, 1.807) is 4.90 Å². The molecule has 1 spiro atoms. The van der Waals surface area contributed by atoms with Crippen LogP contribution in [0.1, 0.15) is 57.8 Å². The molecule has 4 fully saturated rings. The van der Waals surface area contributed by atoms with E-state index in [2.05, 4.69) is 4.90 Å². The Morgan fingerprint density at radius 3 is 2.39 bits per heavy atom. The summed E-state index contributed by atoms with van der Waals surface area (Å²) in [5, 5.41) is 0. The highest BCUT2D eigenvalue weighted by Crippen LogP contribution is 2.43. The number of nitrogens with zero attached hydrogens (tertiary/aromatic N) is 2. The molecular weight excluding hydrogens is 295 g/mol. The number of alkyl halides is 1. The van der Waals surface area contributed by atoms with Gasteiger partial charge in [-0.25, -0.2) is 4.39 Å². The number of halogens is 1. The van der Waals surface area contributed by atoms with E-state index in [1.165, 1.54) is 12.8 Å². The summed E-state index contributed by atoms with van der Waals surface area (Å²) in [5.41, 5.74) is -1.40. The van der Waals surface area contributed by atoms with E-state index in [0.717, 1.165) is 44.7 Å². The average Bonchev–Trinajstić information content (AvgIpc) is 3.33. The first-order valence-corrected chi connectivity index (χ1v) is 9.26. The molecule has 5 heteroatoms. The van der Waals surface area contributed by atoms with Crippen LogP contribution in [-0.4, -0.2) is 53.5 Å². The number of carbonyl (C=O) groups excluding carboxylic acids is 2. The first-order valence-electron chi connectivity index (χ1n) is 9.26. The first-order chi connectivity index (χ1) is 11.0. The van der Waals surface area contributed by atoms with E-state index in [0.29, 0.717) is 38.3 Å². The van der Waals surface area contributed by atoms with Crippen molar-refractivity contribution < 1.29 is 14.0 Å². The minimum absolute atomic E-state index is 0.169. The van der Waals surface area contributed by atoms with Crippen LogP contribution < -0.4 is 0 Å². The lowest BCUT2D eigenvalue weighted by molar-refractivity contribution is -0.154. The molecule has 2 saturated carbocycles. The molecule has 4 rings (SSSR count). The molecule has 4 aliphatic rings. The third-order valence-corrected chi connectivity index (χ3v) is 6.56. The predicted octanol–water partition coefficient (Wildman–Crippen LogP) is 2.52. The van der Waals surface area contributed by atoms with Crippen molar-refractivity contribution in [1.82, 2.24) is 9.80 Å². The molecule has 2 amide bonds. The Kier molecular flexibility index (Phi) is 3.65. The van der Waals surface area contributed by atoms with Crippen molar-refractivity contribution in [2.75, 3.05) is 26.2 Å². The zero-order valence-corrected chi connectivity index (χ0v) is 13.9. The lowest BCUT2D eigenvalue weighted by Gasteiger charge is -2.49. The Hall–Kier alpha value is -1.13. The summed E-state index contributed by atoms with van der Waals surface area (Å²) < 4.78 is 14.3. The highest BCUT2D eigenvalue weighted by molar-refractivity contribution is 5.86. The van der Waals surface area contributed by atoms with Gasteiger partial charge in [-0.3, -0.25) is 9.59 Å². The fourth-order valence-corrected chi connectivity index (χ4v) is 4.46. The fraction of sp³-hybridized carbons (Fsp3) is 0.889. The van der Waals surface area contributed by atoms with E-state index in [1.807, 2.05) is 0 Å². The van der Waals surface area contributed by atoms with Crippen LogP contribution in [-0.2, 0) is 9.59 Å². The summed E-state index contributed by atoms with van der Waals surface area (Å²) in [6.45, 7) is 3.11. The van der Waals surface area contributed by atoms with Crippen molar-refractivity contribution >= 4 is 11.8 Å². The Morgan fingerprint density at radius 1 is 1.13 bits per heavy atom. The summed E-state index contributed by atoms with van der Waals surface area (Å²) in [6, 6.07) is 0. The van der Waals surface area contributed by atoms with Crippen LogP contribution in [0.2, 0.25) is 0 Å². The van der Waals surface area contributed by atoms with Gasteiger partial charge in [0.05, 0.1) is 0 Å². The van der Waals surface area contributed by atoms with Gasteiger partial charge >= 0.3 is 0 Å². The molecule has 2 aliphatic heterocycles. The predicted molar refractivity (Wildman–Crippen MR) is 84.5 cm³/mol. The number of hydrogen-bond acceptors (Lipinski definition) is 2. The van der Waals surface area contributed by atoms with Crippen molar-refractivity contribution in [3.63, 3.8) is 0 Å². The second-order valence-corrected chi connectivity index (χ2v) is 8.33. The van der Waals surface area contributed by atoms with Gasteiger partial charge in [0.15, 0.2) is 5.67 Å². The van der Waals surface area contributed by atoms with Gasteiger partial charge in [0.2, 0.25) is 5.91 Å². The molecule has 128 valence electrons. The third-order valence-electron chi connectivity index (χ3n) is 6.56. The molecule has 2 saturated heterocycles. The minimum Gasteiger partial charge on any atom is -0.342 e. The average molecular weight is 322 g/mol. The maximum absolute atomic E-state index is 14.3. The van der Waals surface area contributed by atoms with Crippen LogP contribution in [0.25, 0.3) is 0 Å². The quantitative estimate of drug-likeness (QED) is 0.801. The van der Waals surface area contributed by atoms with Gasteiger partial charge in [0.1, 0.15) is 0 Å². The normalized spacial score (nSPS) is 29.5. The highest BCUT2D eigenvalue weighted by atomic mass is 19.1. The monoisotopic (exact) mass is 322 g/mol. The lowest BCUT2D eigenvalue weighted by Crippen LogP contribution is -2.56. The molecule has 0 radical (unpaired) electrons. The van der Waals surface area contributed by atoms with Crippen molar-refractivity contribution in [3.8, 4) is 0 Å². The SMILES string of the molecule is O=C1CCC2(CCN(C(=O)C3(F)CCC3)CC2)CN1CC1CC1. The molecule has 23 heavy (non-hydrogen) atoms. The Bertz CT molecular complexity index is 505. The summed E-state index contributed by atoms with van der Waals surface area (Å²) in [5.74, 6) is 0.749. The van der Waals surface area contributed by atoms with Crippen LogP contribution in [0.3, 0.4) is 0 Å². The highest BCUT2D eigenvalue weighted by Gasteiger charge is 2.49. The largest absolute Gasteiger partial charge is 0.342 e. The van der Waals surface area contributed by atoms with E-state index in [-0.39, 0.29) is 11.3 Å². The van der Waals surface area contributed by atoms with Crippen molar-refractivity contribution in [2.45, 2.75) is 63.5 Å². The topological polar surface area (TPSA) is 40.6 Å². The van der Waals surface area contributed by atoms with E-state index < -0.39 is 5.67 Å². The summed E-state index contributed by atoms with van der Waals surface area (Å²) in [6.07, 6.45) is 7.58. The molecule has 4 nitrogen and oxygen atoms in total. The van der Waals surface area contributed by atoms with Crippen LogP contribution >= 0.6 is 0 Å². The van der Waals surface area contributed by atoms with E-state index in [9.17, 15) is 14.0 Å². The molecule has 2 aliphatic carbocycles. The zero-order chi connectivity index (χ0) is 16.1. The maximum Gasteiger partial charge on any atom is 0.260 e. The third kappa shape index (κ3) is 2.87. The Balaban J connectivity index is 1.36. The molecule has 0 aromatic carbocycles. The standard InChI is InChI=1S/C18H27FN2O2/c19-18(5-1-6-18)16(23)20-10-8-17(9-11-20)7-4-15(22)21(13-17)12-14-2-3-14/h14H,1-13H2. The number of amides is 2. The fourth-order valence-electron chi connectivity index (χ4n) is 4.46. The number of piperidine rings is 2. The second-order valence-electron chi connectivity index (χ2n) is 8.33. The van der Waals surface area contributed by atoms with Crippen molar-refractivity contribution in [3.05, 3.63) is 0 Å². The number of likely N-dealkylation sites (tertiary alicyclic amines) is 2. The minimum atomic E-state index is -1.56. The van der Waals surface area contributed by atoms with Crippen LogP contribution in [0.4, 0.5) is 4.39 Å². The van der Waals surface area contributed by atoms with Gasteiger partial charge in [0.25, 0.3) is 5.91 Å². The van der Waals surface area contributed by atoms with Gasteiger partial charge in [-0.05, 0) is 62.7 Å². The number of carbonyl (C=O) groups is 2. The van der Waals surface area contributed by atoms with Gasteiger partial charge in [-0.2, -0.15) is 0 Å². The second kappa shape index (κ2) is 5.45. The Labute approximate surface area is 137 Å².